The number of amides is 2. The van der Waals surface area contributed by atoms with Crippen molar-refractivity contribution in [3.63, 3.8) is 0 Å². The number of unbranched alkanes of at least 4 members (excludes halogenated alkanes) is 4. The summed E-state index contributed by atoms with van der Waals surface area (Å²) in [7, 11) is 3.06. The second kappa shape index (κ2) is 18.7. The first-order valence-corrected chi connectivity index (χ1v) is 16.5. The number of hydrogen-bond acceptors (Lipinski definition) is 8. The topological polar surface area (TPSA) is 135 Å². The number of aldehydes is 1. The highest BCUT2D eigenvalue weighted by molar-refractivity contribution is 14.1. The monoisotopic (exact) mass is 736 g/mol. The first-order chi connectivity index (χ1) is 21.8. The van der Waals surface area contributed by atoms with E-state index in [0.717, 1.165) is 37.7 Å². The van der Waals surface area contributed by atoms with Crippen LogP contribution in [0.2, 0.25) is 0 Å². The summed E-state index contributed by atoms with van der Waals surface area (Å²) in [5.41, 5.74) is 1.71. The minimum Gasteiger partial charge on any atom is -0.497 e. The molecule has 45 heavy (non-hydrogen) atoms. The van der Waals surface area contributed by atoms with Crippen molar-refractivity contribution in [2.45, 2.75) is 76.5 Å². The van der Waals surface area contributed by atoms with Crippen LogP contribution < -0.4 is 19.5 Å². The number of hydrogen-bond donors (Lipinski definition) is 3. The summed E-state index contributed by atoms with van der Waals surface area (Å²) in [5, 5.41) is 23.8. The zero-order valence-electron chi connectivity index (χ0n) is 26.3. The van der Waals surface area contributed by atoms with Crippen LogP contribution in [0.3, 0.4) is 0 Å². The molecule has 3 rings (SSSR count). The van der Waals surface area contributed by atoms with E-state index in [1.165, 1.54) is 13.2 Å². The number of ether oxygens (including phenoxy) is 3. The van der Waals surface area contributed by atoms with Crippen molar-refractivity contribution >= 4 is 40.7 Å². The van der Waals surface area contributed by atoms with Gasteiger partial charge in [-0.05, 0) is 71.3 Å². The number of halogens is 1. The third kappa shape index (κ3) is 10.4. The molecule has 246 valence electrons. The molecule has 11 heteroatoms. The highest BCUT2D eigenvalue weighted by Crippen LogP contribution is 2.37. The SMILES string of the molecule is CCCCCCCC(=O)N(CCc1cccc(OC)c1)[C@@H]1CC(C(=O)NCCO)=C[C@H](Oc2c(I)cc(C=O)cc2OC)[C@H]1O. The number of benzene rings is 2. The third-order valence-electron chi connectivity index (χ3n) is 7.85. The molecule has 10 nitrogen and oxygen atoms in total. The predicted molar refractivity (Wildman–Crippen MR) is 180 cm³/mol. The number of aliphatic hydroxyl groups is 2. The molecule has 0 saturated heterocycles. The molecule has 0 fully saturated rings. The largest absolute Gasteiger partial charge is 0.497 e. The van der Waals surface area contributed by atoms with Gasteiger partial charge in [0.05, 0.1) is 30.4 Å². The Morgan fingerprint density at radius 1 is 1.11 bits per heavy atom. The Labute approximate surface area is 279 Å². The second-order valence-corrected chi connectivity index (χ2v) is 12.2. The number of nitrogens with zero attached hydrogens (tertiary/aromatic N) is 1. The summed E-state index contributed by atoms with van der Waals surface area (Å²) < 4.78 is 17.8. The molecule has 0 bridgehead atoms. The first-order valence-electron chi connectivity index (χ1n) is 15.5. The fraction of sp³-hybridized carbons (Fsp3) is 0.500. The van der Waals surface area contributed by atoms with Crippen LogP contribution in [0.25, 0.3) is 0 Å². The van der Waals surface area contributed by atoms with E-state index in [-0.39, 0.29) is 25.5 Å². The van der Waals surface area contributed by atoms with Gasteiger partial charge in [0, 0.05) is 37.1 Å². The first kappa shape index (κ1) is 36.3. The number of nitrogens with one attached hydrogen (secondary N) is 1. The fourth-order valence-corrected chi connectivity index (χ4v) is 6.17. The lowest BCUT2D eigenvalue weighted by Crippen LogP contribution is -2.55. The minimum absolute atomic E-state index is 0.0596. The van der Waals surface area contributed by atoms with Crippen LogP contribution in [0.1, 0.15) is 67.8 Å². The molecular weight excluding hydrogens is 691 g/mol. The van der Waals surface area contributed by atoms with Crippen molar-refractivity contribution in [3.8, 4) is 17.2 Å². The summed E-state index contributed by atoms with van der Waals surface area (Å²) >= 11 is 2.03. The molecule has 2 aromatic carbocycles. The molecule has 0 aliphatic heterocycles. The Balaban J connectivity index is 1.97. The summed E-state index contributed by atoms with van der Waals surface area (Å²) in [4.78, 5) is 40.2. The molecular formula is C34H45IN2O8. The Morgan fingerprint density at radius 2 is 1.89 bits per heavy atom. The standard InChI is InChI=1S/C34H45IN2O8/c1-4-5-6-7-8-12-31(40)37(15-13-23-10-9-11-26(17-23)43-2)28-20-25(34(42)36-14-16-38)21-29(32(28)41)45-33-27(35)18-24(22-39)19-30(33)44-3/h9-11,17-19,21-22,28-29,32,38,41H,4-8,12-16,20H2,1-3H3,(H,36,42)/t28-,29+,32+/m1/s1. The van der Waals surface area contributed by atoms with Crippen molar-refractivity contribution in [2.75, 3.05) is 33.9 Å². The molecule has 0 spiro atoms. The van der Waals surface area contributed by atoms with Gasteiger partial charge >= 0.3 is 0 Å². The van der Waals surface area contributed by atoms with Gasteiger partial charge in [-0.1, -0.05) is 44.7 Å². The molecule has 0 unspecified atom stereocenters. The van der Waals surface area contributed by atoms with Gasteiger partial charge in [-0.3, -0.25) is 14.4 Å². The molecule has 2 aromatic rings. The maximum atomic E-state index is 13.8. The highest BCUT2D eigenvalue weighted by Gasteiger charge is 2.40. The van der Waals surface area contributed by atoms with E-state index >= 15 is 0 Å². The van der Waals surface area contributed by atoms with Crippen LogP contribution in [0.5, 0.6) is 17.2 Å². The van der Waals surface area contributed by atoms with Gasteiger partial charge in [-0.2, -0.15) is 0 Å². The second-order valence-electron chi connectivity index (χ2n) is 11.0. The van der Waals surface area contributed by atoms with E-state index in [4.69, 9.17) is 14.2 Å². The average molecular weight is 737 g/mol. The molecule has 0 saturated carbocycles. The van der Waals surface area contributed by atoms with Crippen LogP contribution in [-0.4, -0.2) is 85.4 Å². The third-order valence-corrected chi connectivity index (χ3v) is 8.65. The van der Waals surface area contributed by atoms with Crippen molar-refractivity contribution in [1.29, 1.82) is 0 Å². The quantitative estimate of drug-likeness (QED) is 0.116. The molecule has 3 N–H and O–H groups in total. The Morgan fingerprint density at radius 3 is 2.58 bits per heavy atom. The van der Waals surface area contributed by atoms with E-state index in [9.17, 15) is 24.6 Å². The Bertz CT molecular complexity index is 1320. The van der Waals surface area contributed by atoms with Crippen LogP contribution in [-0.2, 0) is 16.0 Å². The van der Waals surface area contributed by atoms with Gasteiger partial charge in [-0.25, -0.2) is 0 Å². The summed E-state index contributed by atoms with van der Waals surface area (Å²) in [6.45, 7) is 2.29. The molecule has 0 radical (unpaired) electrons. The van der Waals surface area contributed by atoms with Crippen molar-refractivity contribution < 1.29 is 38.8 Å². The van der Waals surface area contributed by atoms with Crippen molar-refractivity contribution in [1.82, 2.24) is 10.2 Å². The molecule has 1 aliphatic rings. The number of carbonyl (C=O) groups is 3. The summed E-state index contributed by atoms with van der Waals surface area (Å²) in [5.74, 6) is 0.812. The Hall–Kier alpha value is -3.16. The van der Waals surface area contributed by atoms with Crippen LogP contribution in [0, 0.1) is 3.57 Å². The van der Waals surface area contributed by atoms with Crippen molar-refractivity contribution in [2.24, 2.45) is 0 Å². The van der Waals surface area contributed by atoms with E-state index in [1.807, 2.05) is 46.9 Å². The average Bonchev–Trinajstić information content (AvgIpc) is 3.05. The van der Waals surface area contributed by atoms with Crippen LogP contribution in [0.4, 0.5) is 0 Å². The maximum Gasteiger partial charge on any atom is 0.247 e. The predicted octanol–water partition coefficient (Wildman–Crippen LogP) is 4.47. The molecule has 2 amide bonds. The van der Waals surface area contributed by atoms with Crippen LogP contribution >= 0.6 is 22.6 Å². The lowest BCUT2D eigenvalue weighted by molar-refractivity contribution is -0.138. The minimum atomic E-state index is -1.18. The maximum absolute atomic E-state index is 13.8. The number of aliphatic hydroxyl groups excluding tert-OH is 2. The van der Waals surface area contributed by atoms with Gasteiger partial charge in [0.2, 0.25) is 11.8 Å². The summed E-state index contributed by atoms with van der Waals surface area (Å²) in [6.07, 6.45) is 5.96. The summed E-state index contributed by atoms with van der Waals surface area (Å²) in [6, 6.07) is 10.0. The van der Waals surface area contributed by atoms with Crippen molar-refractivity contribution in [3.05, 3.63) is 62.7 Å². The van der Waals surface area contributed by atoms with E-state index < -0.39 is 24.2 Å². The Kier molecular flexibility index (Phi) is 15.1. The van der Waals surface area contributed by atoms with Gasteiger partial charge < -0.3 is 34.6 Å². The van der Waals surface area contributed by atoms with Gasteiger partial charge in [0.15, 0.2) is 11.5 Å². The van der Waals surface area contributed by atoms with Gasteiger partial charge in [-0.15, -0.1) is 0 Å². The zero-order chi connectivity index (χ0) is 32.8. The lowest BCUT2D eigenvalue weighted by Gasteiger charge is -2.41. The van der Waals surface area contributed by atoms with Gasteiger partial charge in [0.25, 0.3) is 0 Å². The highest BCUT2D eigenvalue weighted by atomic mass is 127. The number of rotatable bonds is 18. The van der Waals surface area contributed by atoms with E-state index in [2.05, 4.69) is 12.2 Å². The zero-order valence-corrected chi connectivity index (χ0v) is 28.5. The van der Waals surface area contributed by atoms with E-state index in [1.54, 1.807) is 24.2 Å². The normalized spacial score (nSPS) is 17.6. The fourth-order valence-electron chi connectivity index (χ4n) is 5.41. The number of methoxy groups -OCH3 is 2. The number of carbonyl (C=O) groups excluding carboxylic acids is 3. The smallest absolute Gasteiger partial charge is 0.247 e. The van der Waals surface area contributed by atoms with Crippen LogP contribution in [0.15, 0.2) is 48.0 Å². The molecule has 3 atom stereocenters. The molecule has 0 heterocycles. The van der Waals surface area contributed by atoms with Gasteiger partial charge in [0.1, 0.15) is 24.2 Å². The lowest BCUT2D eigenvalue weighted by atomic mass is 9.87. The molecule has 1 aliphatic carbocycles. The molecule has 0 aromatic heterocycles. The van der Waals surface area contributed by atoms with E-state index in [0.29, 0.717) is 57.6 Å².